The Morgan fingerprint density at radius 3 is 2.71 bits per heavy atom. The fourth-order valence-electron chi connectivity index (χ4n) is 1.98. The summed E-state index contributed by atoms with van der Waals surface area (Å²) in [5, 5.41) is 13.0. The molecule has 0 fully saturated rings. The number of fused-ring (bicyclic) bond motifs is 1. The summed E-state index contributed by atoms with van der Waals surface area (Å²) in [6, 6.07) is 2.70. The van der Waals surface area contributed by atoms with Gasteiger partial charge in [0, 0.05) is 6.07 Å². The van der Waals surface area contributed by atoms with Crippen LogP contribution in [0.3, 0.4) is 0 Å². The van der Waals surface area contributed by atoms with Gasteiger partial charge in [-0.15, -0.1) is 0 Å². The van der Waals surface area contributed by atoms with Gasteiger partial charge in [0.15, 0.2) is 6.61 Å². The lowest BCUT2D eigenvalue weighted by molar-refractivity contribution is -0.137. The number of sulfonamides is 1. The van der Waals surface area contributed by atoms with Crippen molar-refractivity contribution in [3.63, 3.8) is 0 Å². The van der Waals surface area contributed by atoms with Crippen molar-refractivity contribution >= 4 is 33.5 Å². The molecule has 1 heterocycles. The maximum absolute atomic E-state index is 12.3. The van der Waals surface area contributed by atoms with E-state index in [2.05, 4.69) is 10.0 Å². The third kappa shape index (κ3) is 4.20. The van der Waals surface area contributed by atoms with E-state index >= 15 is 0 Å². The monoisotopic (exact) mass is 357 g/mol. The summed E-state index contributed by atoms with van der Waals surface area (Å²) in [4.78, 5) is 32.9. The summed E-state index contributed by atoms with van der Waals surface area (Å²) < 4.78 is 31.8. The molecule has 24 heavy (non-hydrogen) atoms. The van der Waals surface area contributed by atoms with Gasteiger partial charge in [-0.2, -0.15) is 0 Å². The van der Waals surface area contributed by atoms with Crippen LogP contribution in [0.1, 0.15) is 5.56 Å². The standard InChI is InChI=1S/C13H15N3O7S/c1-7-2-8-9(23-6-12(18)16-8)3-10(7)24(21,22)15-4-11(17)14-5-13(19)20/h2-3,15H,4-6H2,1H3,(H,14,17)(H,16,18)(H,19,20). The Hall–Kier alpha value is -2.66. The van der Waals surface area contributed by atoms with Gasteiger partial charge in [0.05, 0.1) is 17.1 Å². The number of carboxylic acids is 1. The van der Waals surface area contributed by atoms with E-state index in [-0.39, 0.29) is 23.2 Å². The predicted molar refractivity (Wildman–Crippen MR) is 81.1 cm³/mol. The van der Waals surface area contributed by atoms with Gasteiger partial charge in [0.1, 0.15) is 12.3 Å². The highest BCUT2D eigenvalue weighted by Gasteiger charge is 2.24. The van der Waals surface area contributed by atoms with Crippen molar-refractivity contribution in [3.8, 4) is 5.75 Å². The highest BCUT2D eigenvalue weighted by molar-refractivity contribution is 7.89. The highest BCUT2D eigenvalue weighted by Crippen LogP contribution is 2.32. The van der Waals surface area contributed by atoms with Crippen molar-refractivity contribution in [2.45, 2.75) is 11.8 Å². The second-order valence-corrected chi connectivity index (χ2v) is 6.68. The first kappa shape index (κ1) is 17.7. The first-order valence-corrected chi connectivity index (χ1v) is 8.23. The average Bonchev–Trinajstić information content (AvgIpc) is 2.50. The Kier molecular flexibility index (Phi) is 5.04. The second-order valence-electron chi connectivity index (χ2n) is 4.95. The quantitative estimate of drug-likeness (QED) is 0.499. The highest BCUT2D eigenvalue weighted by atomic mass is 32.2. The smallest absolute Gasteiger partial charge is 0.322 e. The number of ether oxygens (including phenoxy) is 1. The van der Waals surface area contributed by atoms with Gasteiger partial charge >= 0.3 is 5.97 Å². The number of benzene rings is 1. The molecule has 0 atom stereocenters. The van der Waals surface area contributed by atoms with Crippen molar-refractivity contribution in [3.05, 3.63) is 17.7 Å². The molecule has 2 amide bonds. The molecule has 1 aliphatic rings. The maximum atomic E-state index is 12.3. The molecule has 130 valence electrons. The van der Waals surface area contributed by atoms with Crippen LogP contribution >= 0.6 is 0 Å². The normalized spacial score (nSPS) is 13.5. The summed E-state index contributed by atoms with van der Waals surface area (Å²) in [5.41, 5.74) is 0.708. The molecule has 0 radical (unpaired) electrons. The third-order valence-electron chi connectivity index (χ3n) is 3.06. The molecule has 1 aliphatic heterocycles. The van der Waals surface area contributed by atoms with Crippen LogP contribution in [-0.2, 0) is 24.4 Å². The van der Waals surface area contributed by atoms with Gasteiger partial charge in [-0.25, -0.2) is 13.1 Å². The number of nitrogens with one attached hydrogen (secondary N) is 3. The molecule has 0 spiro atoms. The van der Waals surface area contributed by atoms with Crippen molar-refractivity contribution in [2.75, 3.05) is 25.0 Å². The van der Waals surface area contributed by atoms with Crippen LogP contribution in [0.4, 0.5) is 5.69 Å². The first-order valence-electron chi connectivity index (χ1n) is 6.74. The first-order chi connectivity index (χ1) is 11.2. The molecule has 2 rings (SSSR count). The van der Waals surface area contributed by atoms with Crippen LogP contribution in [-0.4, -0.2) is 51.0 Å². The Morgan fingerprint density at radius 1 is 1.33 bits per heavy atom. The van der Waals surface area contributed by atoms with E-state index < -0.39 is 35.0 Å². The topological polar surface area (TPSA) is 151 Å². The van der Waals surface area contributed by atoms with E-state index in [1.54, 1.807) is 0 Å². The maximum Gasteiger partial charge on any atom is 0.322 e. The Labute approximate surface area is 137 Å². The Morgan fingerprint density at radius 2 is 2.04 bits per heavy atom. The number of carbonyl (C=O) groups excluding carboxylic acids is 2. The molecule has 0 unspecified atom stereocenters. The van der Waals surface area contributed by atoms with Crippen LogP contribution < -0.4 is 20.1 Å². The van der Waals surface area contributed by atoms with Crippen LogP contribution in [0.2, 0.25) is 0 Å². The fraction of sp³-hybridized carbons (Fsp3) is 0.308. The minimum atomic E-state index is -4.02. The molecule has 0 aromatic heterocycles. The van der Waals surface area contributed by atoms with E-state index in [0.717, 1.165) is 0 Å². The lowest BCUT2D eigenvalue weighted by Gasteiger charge is -2.20. The van der Waals surface area contributed by atoms with Crippen molar-refractivity contribution in [2.24, 2.45) is 0 Å². The molecular weight excluding hydrogens is 342 g/mol. The van der Waals surface area contributed by atoms with Gasteiger partial charge in [0.2, 0.25) is 15.9 Å². The molecule has 0 saturated carbocycles. The summed E-state index contributed by atoms with van der Waals surface area (Å²) in [6.45, 7) is 0.0936. The zero-order valence-electron chi connectivity index (χ0n) is 12.6. The molecule has 10 nitrogen and oxygen atoms in total. The number of aliphatic carboxylic acids is 1. The fourth-order valence-corrected chi connectivity index (χ4v) is 3.20. The molecule has 4 N–H and O–H groups in total. The SMILES string of the molecule is Cc1cc2c(cc1S(=O)(=O)NCC(=O)NCC(=O)O)OCC(=O)N2. The predicted octanol–water partition coefficient (Wildman–Crippen LogP) is -1.19. The van der Waals surface area contributed by atoms with E-state index in [1.165, 1.54) is 19.1 Å². The number of hydrogen-bond acceptors (Lipinski definition) is 6. The molecule has 1 aromatic carbocycles. The van der Waals surface area contributed by atoms with Gasteiger partial charge in [-0.3, -0.25) is 14.4 Å². The zero-order chi connectivity index (χ0) is 17.9. The summed E-state index contributed by atoms with van der Waals surface area (Å²) in [6.07, 6.45) is 0. The number of anilines is 1. The number of rotatable bonds is 6. The lowest BCUT2D eigenvalue weighted by atomic mass is 10.2. The summed E-state index contributed by atoms with van der Waals surface area (Å²) in [5.74, 6) is -2.15. The lowest BCUT2D eigenvalue weighted by Crippen LogP contribution is -2.39. The van der Waals surface area contributed by atoms with Crippen molar-refractivity contribution < 1.29 is 32.6 Å². The van der Waals surface area contributed by atoms with Gasteiger partial charge in [0.25, 0.3) is 5.91 Å². The molecule has 0 saturated heterocycles. The molecule has 0 aliphatic carbocycles. The molecular formula is C13H15N3O7S. The van der Waals surface area contributed by atoms with Gasteiger partial charge < -0.3 is 20.5 Å². The van der Waals surface area contributed by atoms with E-state index in [0.29, 0.717) is 11.3 Å². The zero-order valence-corrected chi connectivity index (χ0v) is 13.4. The van der Waals surface area contributed by atoms with Crippen LogP contribution in [0.15, 0.2) is 17.0 Å². The number of carboxylic acid groups (broad SMARTS) is 1. The number of carbonyl (C=O) groups is 3. The van der Waals surface area contributed by atoms with Crippen LogP contribution in [0.25, 0.3) is 0 Å². The van der Waals surface area contributed by atoms with Gasteiger partial charge in [-0.1, -0.05) is 0 Å². The largest absolute Gasteiger partial charge is 0.482 e. The van der Waals surface area contributed by atoms with Crippen LogP contribution in [0, 0.1) is 6.92 Å². The van der Waals surface area contributed by atoms with E-state index in [1.807, 2.05) is 5.32 Å². The molecule has 11 heteroatoms. The van der Waals surface area contributed by atoms with E-state index in [9.17, 15) is 22.8 Å². The van der Waals surface area contributed by atoms with Gasteiger partial charge in [-0.05, 0) is 18.6 Å². The summed E-state index contributed by atoms with van der Waals surface area (Å²) >= 11 is 0. The van der Waals surface area contributed by atoms with Crippen molar-refractivity contribution in [1.29, 1.82) is 0 Å². The minimum Gasteiger partial charge on any atom is -0.482 e. The average molecular weight is 357 g/mol. The molecule has 1 aromatic rings. The number of hydrogen-bond donors (Lipinski definition) is 4. The molecule has 0 bridgehead atoms. The summed E-state index contributed by atoms with van der Waals surface area (Å²) in [7, 11) is -4.02. The Balaban J connectivity index is 2.13. The second kappa shape index (κ2) is 6.84. The number of amides is 2. The van der Waals surface area contributed by atoms with Crippen LogP contribution in [0.5, 0.6) is 5.75 Å². The minimum absolute atomic E-state index is 0.108. The Bertz CT molecular complexity index is 804. The van der Waals surface area contributed by atoms with E-state index in [4.69, 9.17) is 9.84 Å². The third-order valence-corrected chi connectivity index (χ3v) is 4.60. The number of aryl methyl sites for hydroxylation is 1. The van der Waals surface area contributed by atoms with Crippen molar-refractivity contribution in [1.82, 2.24) is 10.0 Å².